The van der Waals surface area contributed by atoms with Crippen molar-refractivity contribution in [3.8, 4) is 11.3 Å². The number of hydrogen-bond donors (Lipinski definition) is 2. The summed E-state index contributed by atoms with van der Waals surface area (Å²) < 4.78 is 1.21. The summed E-state index contributed by atoms with van der Waals surface area (Å²) in [5.74, 6) is -0.156. The Morgan fingerprint density at radius 2 is 1.56 bits per heavy atom. The Kier molecular flexibility index (Phi) is 6.60. The van der Waals surface area contributed by atoms with E-state index in [1.165, 1.54) is 10.7 Å². The number of anilines is 1. The molecule has 3 amide bonds. The van der Waals surface area contributed by atoms with Crippen molar-refractivity contribution in [2.75, 3.05) is 18.4 Å². The number of urea groups is 1. The highest BCUT2D eigenvalue weighted by molar-refractivity contribution is 5.89. The van der Waals surface area contributed by atoms with Gasteiger partial charge in [-0.3, -0.25) is 9.59 Å². The molecule has 4 rings (SSSR count). The van der Waals surface area contributed by atoms with E-state index in [9.17, 15) is 14.4 Å². The van der Waals surface area contributed by atoms with E-state index in [1.807, 2.05) is 60.7 Å². The monoisotopic (exact) mass is 431 g/mol. The zero-order valence-electron chi connectivity index (χ0n) is 17.6. The van der Waals surface area contributed by atoms with Crippen LogP contribution in [0.5, 0.6) is 0 Å². The predicted octanol–water partition coefficient (Wildman–Crippen LogP) is 2.72. The molecule has 1 aliphatic rings. The summed E-state index contributed by atoms with van der Waals surface area (Å²) in [5.41, 5.74) is 1.94. The van der Waals surface area contributed by atoms with Crippen molar-refractivity contribution in [1.29, 1.82) is 0 Å². The van der Waals surface area contributed by atoms with E-state index in [0.29, 0.717) is 31.6 Å². The van der Waals surface area contributed by atoms with Gasteiger partial charge in [0.25, 0.3) is 5.56 Å². The average molecular weight is 431 g/mol. The molecule has 1 fully saturated rings. The molecule has 0 saturated carbocycles. The van der Waals surface area contributed by atoms with Crippen LogP contribution in [-0.2, 0) is 11.3 Å². The molecule has 0 bridgehead atoms. The van der Waals surface area contributed by atoms with E-state index in [1.54, 1.807) is 11.0 Å². The molecule has 2 aromatic carbocycles. The minimum atomic E-state index is -0.313. The number of nitrogens with one attached hydrogen (secondary N) is 2. The van der Waals surface area contributed by atoms with Gasteiger partial charge in [-0.15, -0.1) is 0 Å². The van der Waals surface area contributed by atoms with Gasteiger partial charge in [0.1, 0.15) is 6.54 Å². The lowest BCUT2D eigenvalue weighted by molar-refractivity contribution is -0.133. The van der Waals surface area contributed by atoms with Gasteiger partial charge in [0, 0.05) is 36.4 Å². The molecule has 0 atom stereocenters. The van der Waals surface area contributed by atoms with Crippen molar-refractivity contribution in [3.05, 3.63) is 83.2 Å². The highest BCUT2D eigenvalue weighted by Crippen LogP contribution is 2.15. The van der Waals surface area contributed by atoms with Gasteiger partial charge in [0.2, 0.25) is 5.91 Å². The summed E-state index contributed by atoms with van der Waals surface area (Å²) in [7, 11) is 0. The van der Waals surface area contributed by atoms with E-state index in [0.717, 1.165) is 11.3 Å². The molecule has 3 aromatic rings. The van der Waals surface area contributed by atoms with Crippen molar-refractivity contribution in [1.82, 2.24) is 20.0 Å². The fraction of sp³-hybridized carbons (Fsp3) is 0.250. The third kappa shape index (κ3) is 5.40. The number of para-hydroxylation sites is 1. The summed E-state index contributed by atoms with van der Waals surface area (Å²) >= 11 is 0. The minimum absolute atomic E-state index is 0.00924. The predicted molar refractivity (Wildman–Crippen MR) is 122 cm³/mol. The zero-order valence-corrected chi connectivity index (χ0v) is 17.6. The summed E-state index contributed by atoms with van der Waals surface area (Å²) in [6.45, 7) is 0.927. The van der Waals surface area contributed by atoms with Crippen LogP contribution in [0.2, 0.25) is 0 Å². The van der Waals surface area contributed by atoms with Crippen molar-refractivity contribution in [2.45, 2.75) is 25.4 Å². The van der Waals surface area contributed by atoms with E-state index in [2.05, 4.69) is 15.7 Å². The standard InChI is InChI=1S/C24H25N5O3/c30-22-12-11-21(18-7-3-1-4-8-18)27-29(22)17-23(31)28-15-13-20(14-16-28)26-24(32)25-19-9-5-2-6-10-19/h1-12,20H,13-17H2,(H2,25,26,32). The first kappa shape index (κ1) is 21.3. The minimum Gasteiger partial charge on any atom is -0.341 e. The highest BCUT2D eigenvalue weighted by atomic mass is 16.2. The number of carbonyl (C=O) groups is 2. The summed E-state index contributed by atoms with van der Waals surface area (Å²) in [4.78, 5) is 38.9. The van der Waals surface area contributed by atoms with Crippen LogP contribution in [0.15, 0.2) is 77.6 Å². The molecule has 8 heteroatoms. The lowest BCUT2D eigenvalue weighted by atomic mass is 10.1. The molecule has 0 spiro atoms. The third-order valence-electron chi connectivity index (χ3n) is 5.44. The summed E-state index contributed by atoms with van der Waals surface area (Å²) in [5, 5.41) is 10.1. The molecule has 1 aromatic heterocycles. The normalized spacial score (nSPS) is 14.1. The maximum atomic E-state index is 12.8. The maximum absolute atomic E-state index is 12.8. The van der Waals surface area contributed by atoms with Crippen molar-refractivity contribution in [3.63, 3.8) is 0 Å². The Bertz CT molecular complexity index is 1120. The molecule has 1 aliphatic heterocycles. The van der Waals surface area contributed by atoms with E-state index < -0.39 is 0 Å². The number of benzene rings is 2. The van der Waals surface area contributed by atoms with Gasteiger partial charge in [-0.25, -0.2) is 9.48 Å². The molecule has 32 heavy (non-hydrogen) atoms. The number of piperidine rings is 1. The zero-order chi connectivity index (χ0) is 22.3. The van der Waals surface area contributed by atoms with E-state index >= 15 is 0 Å². The second-order valence-corrected chi connectivity index (χ2v) is 7.70. The molecular weight excluding hydrogens is 406 g/mol. The van der Waals surface area contributed by atoms with Crippen LogP contribution in [0.1, 0.15) is 12.8 Å². The molecular formula is C24H25N5O3. The van der Waals surface area contributed by atoms with Crippen LogP contribution >= 0.6 is 0 Å². The van der Waals surface area contributed by atoms with E-state index in [4.69, 9.17) is 0 Å². The molecule has 164 valence electrons. The fourth-order valence-corrected chi connectivity index (χ4v) is 3.70. The smallest absolute Gasteiger partial charge is 0.319 e. The Morgan fingerprint density at radius 1 is 0.906 bits per heavy atom. The van der Waals surface area contributed by atoms with Crippen LogP contribution < -0.4 is 16.2 Å². The second kappa shape index (κ2) is 9.91. The molecule has 8 nitrogen and oxygen atoms in total. The first-order chi connectivity index (χ1) is 15.6. The number of hydrogen-bond acceptors (Lipinski definition) is 4. The summed E-state index contributed by atoms with van der Waals surface area (Å²) in [6, 6.07) is 21.6. The SMILES string of the molecule is O=C(Nc1ccccc1)NC1CCN(C(=O)Cn2nc(-c3ccccc3)ccc2=O)CC1. The Hall–Kier alpha value is -3.94. The van der Waals surface area contributed by atoms with Gasteiger partial charge in [-0.1, -0.05) is 48.5 Å². The van der Waals surface area contributed by atoms with Crippen LogP contribution in [0.4, 0.5) is 10.5 Å². The van der Waals surface area contributed by atoms with Gasteiger partial charge >= 0.3 is 6.03 Å². The largest absolute Gasteiger partial charge is 0.341 e. The number of aromatic nitrogens is 2. The van der Waals surface area contributed by atoms with Crippen molar-refractivity contribution < 1.29 is 9.59 Å². The van der Waals surface area contributed by atoms with Crippen LogP contribution in [0.25, 0.3) is 11.3 Å². The van der Waals surface area contributed by atoms with Crippen LogP contribution in [-0.4, -0.2) is 45.8 Å². The fourth-order valence-electron chi connectivity index (χ4n) is 3.70. The van der Waals surface area contributed by atoms with Crippen molar-refractivity contribution >= 4 is 17.6 Å². The highest BCUT2D eigenvalue weighted by Gasteiger charge is 2.24. The summed E-state index contributed by atoms with van der Waals surface area (Å²) in [6.07, 6.45) is 1.31. The number of carbonyl (C=O) groups excluding carboxylic acids is 2. The van der Waals surface area contributed by atoms with Gasteiger partial charge in [-0.2, -0.15) is 5.10 Å². The van der Waals surface area contributed by atoms with Gasteiger partial charge in [0.05, 0.1) is 5.69 Å². The van der Waals surface area contributed by atoms with Gasteiger partial charge in [-0.05, 0) is 31.0 Å². The first-order valence-electron chi connectivity index (χ1n) is 10.6. The topological polar surface area (TPSA) is 96.3 Å². The van der Waals surface area contributed by atoms with Crippen LogP contribution in [0, 0.1) is 0 Å². The number of nitrogens with zero attached hydrogens (tertiary/aromatic N) is 3. The lowest BCUT2D eigenvalue weighted by Gasteiger charge is -2.32. The lowest BCUT2D eigenvalue weighted by Crippen LogP contribution is -2.48. The number of likely N-dealkylation sites (tertiary alicyclic amines) is 1. The average Bonchev–Trinajstić information content (AvgIpc) is 2.82. The molecule has 0 radical (unpaired) electrons. The molecule has 1 saturated heterocycles. The Balaban J connectivity index is 1.30. The maximum Gasteiger partial charge on any atom is 0.319 e. The van der Waals surface area contributed by atoms with Gasteiger partial charge < -0.3 is 15.5 Å². The van der Waals surface area contributed by atoms with Gasteiger partial charge in [0.15, 0.2) is 0 Å². The number of amides is 3. The first-order valence-corrected chi connectivity index (χ1v) is 10.6. The molecule has 2 heterocycles. The Labute approximate surface area is 185 Å². The second-order valence-electron chi connectivity index (χ2n) is 7.70. The van der Waals surface area contributed by atoms with Crippen molar-refractivity contribution in [2.24, 2.45) is 0 Å². The third-order valence-corrected chi connectivity index (χ3v) is 5.44. The Morgan fingerprint density at radius 3 is 2.25 bits per heavy atom. The number of rotatable bonds is 5. The van der Waals surface area contributed by atoms with E-state index in [-0.39, 0.29) is 30.1 Å². The van der Waals surface area contributed by atoms with Crippen LogP contribution in [0.3, 0.4) is 0 Å². The molecule has 2 N–H and O–H groups in total. The molecule has 0 unspecified atom stereocenters. The molecule has 0 aliphatic carbocycles. The quantitative estimate of drug-likeness (QED) is 0.649.